The summed E-state index contributed by atoms with van der Waals surface area (Å²) in [5, 5.41) is 14.9. The lowest BCUT2D eigenvalue weighted by molar-refractivity contribution is -0.147. The van der Waals surface area contributed by atoms with Crippen LogP contribution >= 0.6 is 0 Å². The van der Waals surface area contributed by atoms with E-state index in [1.165, 1.54) is 12.8 Å². The van der Waals surface area contributed by atoms with Crippen molar-refractivity contribution >= 4 is 11.9 Å². The topological polar surface area (TPSA) is 78.4 Å². The van der Waals surface area contributed by atoms with Crippen LogP contribution in [0.5, 0.6) is 0 Å². The van der Waals surface area contributed by atoms with Gasteiger partial charge in [0.1, 0.15) is 5.54 Å². The molecule has 5 heteroatoms. The van der Waals surface area contributed by atoms with Gasteiger partial charge >= 0.3 is 5.97 Å². The molecular formula is C12H22N2O3. The molecule has 0 aromatic rings. The Morgan fingerprint density at radius 3 is 2.53 bits per heavy atom. The van der Waals surface area contributed by atoms with E-state index in [1.807, 2.05) is 6.92 Å². The third-order valence-electron chi connectivity index (χ3n) is 3.00. The molecule has 1 aliphatic rings. The Balaban J connectivity index is 2.31. The third kappa shape index (κ3) is 4.73. The number of carboxylic acid groups (broad SMARTS) is 1. The highest BCUT2D eigenvalue weighted by Crippen LogP contribution is 2.18. The molecule has 1 atom stereocenters. The zero-order chi connectivity index (χ0) is 12.9. The Morgan fingerprint density at radius 2 is 2.06 bits per heavy atom. The highest BCUT2D eigenvalue weighted by Gasteiger charge is 2.33. The van der Waals surface area contributed by atoms with E-state index in [4.69, 9.17) is 5.11 Å². The van der Waals surface area contributed by atoms with Crippen molar-refractivity contribution in [2.45, 2.75) is 57.5 Å². The van der Waals surface area contributed by atoms with E-state index in [1.54, 1.807) is 6.92 Å². The number of hydrogen-bond acceptors (Lipinski definition) is 3. The van der Waals surface area contributed by atoms with Crippen LogP contribution in [0.2, 0.25) is 0 Å². The molecule has 5 nitrogen and oxygen atoms in total. The first-order chi connectivity index (χ1) is 7.98. The molecule has 0 radical (unpaired) electrons. The summed E-state index contributed by atoms with van der Waals surface area (Å²) < 4.78 is 0. The van der Waals surface area contributed by atoms with Gasteiger partial charge in [-0.05, 0) is 26.2 Å². The van der Waals surface area contributed by atoms with Crippen molar-refractivity contribution in [2.24, 2.45) is 0 Å². The van der Waals surface area contributed by atoms with E-state index in [0.29, 0.717) is 25.4 Å². The van der Waals surface area contributed by atoms with Gasteiger partial charge in [-0.3, -0.25) is 4.79 Å². The number of carbonyl (C=O) groups excluding carboxylic acids is 1. The molecule has 0 aromatic heterocycles. The summed E-state index contributed by atoms with van der Waals surface area (Å²) in [6, 6.07) is 0.573. The predicted octanol–water partition coefficient (Wildman–Crippen LogP) is 0.888. The van der Waals surface area contributed by atoms with E-state index in [2.05, 4.69) is 10.6 Å². The van der Waals surface area contributed by atoms with Gasteiger partial charge in [0.25, 0.3) is 0 Å². The molecule has 1 fully saturated rings. The summed E-state index contributed by atoms with van der Waals surface area (Å²) in [6.45, 7) is 4.09. The van der Waals surface area contributed by atoms with Crippen molar-refractivity contribution in [1.82, 2.24) is 10.6 Å². The SMILES string of the molecule is CCCC(C)(NC(=O)CCNC1CC1)C(=O)O. The van der Waals surface area contributed by atoms with Gasteiger partial charge < -0.3 is 15.7 Å². The van der Waals surface area contributed by atoms with E-state index in [-0.39, 0.29) is 5.91 Å². The molecule has 0 bridgehead atoms. The number of aliphatic carboxylic acids is 1. The summed E-state index contributed by atoms with van der Waals surface area (Å²) >= 11 is 0. The number of carboxylic acids is 1. The Hall–Kier alpha value is -1.10. The van der Waals surface area contributed by atoms with E-state index < -0.39 is 11.5 Å². The van der Waals surface area contributed by atoms with Gasteiger partial charge in [0, 0.05) is 19.0 Å². The summed E-state index contributed by atoms with van der Waals surface area (Å²) in [7, 11) is 0. The molecule has 1 amide bonds. The van der Waals surface area contributed by atoms with Gasteiger partial charge in [-0.2, -0.15) is 0 Å². The first-order valence-corrected chi connectivity index (χ1v) is 6.25. The normalized spacial score (nSPS) is 18.5. The van der Waals surface area contributed by atoms with Crippen molar-refractivity contribution in [2.75, 3.05) is 6.54 Å². The largest absolute Gasteiger partial charge is 0.480 e. The monoisotopic (exact) mass is 242 g/mol. The second kappa shape index (κ2) is 6.00. The minimum Gasteiger partial charge on any atom is -0.480 e. The molecule has 1 aliphatic carbocycles. The van der Waals surface area contributed by atoms with Crippen molar-refractivity contribution in [3.63, 3.8) is 0 Å². The minimum atomic E-state index is -1.13. The van der Waals surface area contributed by atoms with E-state index in [9.17, 15) is 9.59 Å². The van der Waals surface area contributed by atoms with Crippen LogP contribution < -0.4 is 10.6 Å². The zero-order valence-corrected chi connectivity index (χ0v) is 10.6. The maximum absolute atomic E-state index is 11.6. The number of hydrogen-bond donors (Lipinski definition) is 3. The fourth-order valence-corrected chi connectivity index (χ4v) is 1.77. The molecule has 17 heavy (non-hydrogen) atoms. The highest BCUT2D eigenvalue weighted by molar-refractivity contribution is 5.86. The number of rotatable bonds is 8. The second-order valence-corrected chi connectivity index (χ2v) is 4.91. The summed E-state index contributed by atoms with van der Waals surface area (Å²) in [5.74, 6) is -1.17. The number of carbonyl (C=O) groups is 2. The van der Waals surface area contributed by atoms with Crippen LogP contribution in [-0.2, 0) is 9.59 Å². The number of amides is 1. The average molecular weight is 242 g/mol. The molecule has 0 saturated heterocycles. The molecule has 0 spiro atoms. The Morgan fingerprint density at radius 1 is 1.41 bits per heavy atom. The molecular weight excluding hydrogens is 220 g/mol. The predicted molar refractivity (Wildman–Crippen MR) is 64.7 cm³/mol. The second-order valence-electron chi connectivity index (χ2n) is 4.91. The lowest BCUT2D eigenvalue weighted by Crippen LogP contribution is -2.52. The quantitative estimate of drug-likeness (QED) is 0.590. The van der Waals surface area contributed by atoms with Gasteiger partial charge in [-0.15, -0.1) is 0 Å². The van der Waals surface area contributed by atoms with Crippen LogP contribution in [0, 0.1) is 0 Å². The van der Waals surface area contributed by atoms with Crippen LogP contribution in [0.4, 0.5) is 0 Å². The molecule has 1 unspecified atom stereocenters. The molecule has 1 saturated carbocycles. The zero-order valence-electron chi connectivity index (χ0n) is 10.6. The fourth-order valence-electron chi connectivity index (χ4n) is 1.77. The van der Waals surface area contributed by atoms with Crippen LogP contribution in [0.3, 0.4) is 0 Å². The maximum atomic E-state index is 11.6. The van der Waals surface area contributed by atoms with E-state index in [0.717, 1.165) is 6.42 Å². The molecule has 3 N–H and O–H groups in total. The molecule has 1 rings (SSSR count). The Labute approximate surface area is 102 Å². The highest BCUT2D eigenvalue weighted by atomic mass is 16.4. The summed E-state index contributed by atoms with van der Waals surface area (Å²) in [4.78, 5) is 22.7. The molecule has 98 valence electrons. The van der Waals surface area contributed by atoms with Gasteiger partial charge in [0.15, 0.2) is 0 Å². The average Bonchev–Trinajstić information content (AvgIpc) is 3.01. The number of nitrogens with one attached hydrogen (secondary N) is 2. The van der Waals surface area contributed by atoms with Crippen molar-refractivity contribution in [3.8, 4) is 0 Å². The van der Waals surface area contributed by atoms with Crippen molar-refractivity contribution in [3.05, 3.63) is 0 Å². The van der Waals surface area contributed by atoms with Crippen LogP contribution in [0.15, 0.2) is 0 Å². The van der Waals surface area contributed by atoms with Crippen LogP contribution in [-0.4, -0.2) is 35.1 Å². The van der Waals surface area contributed by atoms with Gasteiger partial charge in [-0.1, -0.05) is 13.3 Å². The lowest BCUT2D eigenvalue weighted by Gasteiger charge is -2.25. The van der Waals surface area contributed by atoms with E-state index >= 15 is 0 Å². The maximum Gasteiger partial charge on any atom is 0.329 e. The van der Waals surface area contributed by atoms with Crippen molar-refractivity contribution < 1.29 is 14.7 Å². The standard InChI is InChI=1S/C12H22N2O3/c1-3-7-12(2,11(16)17)14-10(15)6-8-13-9-4-5-9/h9,13H,3-8H2,1-2H3,(H,14,15)(H,16,17). The third-order valence-corrected chi connectivity index (χ3v) is 3.00. The first kappa shape index (κ1) is 14.0. The van der Waals surface area contributed by atoms with Crippen LogP contribution in [0.25, 0.3) is 0 Å². The minimum absolute atomic E-state index is 0.198. The Kier molecular flexibility index (Phi) is 4.93. The molecule has 0 aliphatic heterocycles. The molecule has 0 heterocycles. The van der Waals surface area contributed by atoms with Crippen LogP contribution in [0.1, 0.15) is 46.0 Å². The first-order valence-electron chi connectivity index (χ1n) is 6.25. The van der Waals surface area contributed by atoms with Crippen molar-refractivity contribution in [1.29, 1.82) is 0 Å². The summed E-state index contributed by atoms with van der Waals surface area (Å²) in [6.07, 6.45) is 3.88. The lowest BCUT2D eigenvalue weighted by atomic mass is 9.96. The Bertz CT molecular complexity index is 289. The smallest absolute Gasteiger partial charge is 0.329 e. The summed E-state index contributed by atoms with van der Waals surface area (Å²) in [5.41, 5.74) is -1.13. The molecule has 0 aromatic carbocycles. The van der Waals surface area contributed by atoms with Gasteiger partial charge in [0.05, 0.1) is 0 Å². The van der Waals surface area contributed by atoms with Gasteiger partial charge in [0.2, 0.25) is 5.91 Å². The van der Waals surface area contributed by atoms with Gasteiger partial charge in [-0.25, -0.2) is 4.79 Å². The fraction of sp³-hybridized carbons (Fsp3) is 0.833.